The first-order valence-corrected chi connectivity index (χ1v) is 10.8. The van der Waals surface area contributed by atoms with Crippen molar-refractivity contribution in [2.45, 2.75) is 76.1 Å². The summed E-state index contributed by atoms with van der Waals surface area (Å²) in [5.41, 5.74) is 0.123. The highest BCUT2D eigenvalue weighted by Crippen LogP contribution is 2.50. The van der Waals surface area contributed by atoms with Gasteiger partial charge in [0.1, 0.15) is 5.75 Å². The van der Waals surface area contributed by atoms with Crippen molar-refractivity contribution < 1.29 is 19.4 Å². The van der Waals surface area contributed by atoms with E-state index < -0.39 is 17.2 Å². The van der Waals surface area contributed by atoms with Crippen LogP contribution in [0.5, 0.6) is 5.75 Å². The van der Waals surface area contributed by atoms with Gasteiger partial charge in [0.15, 0.2) is 0 Å². The number of hydrogen-bond acceptors (Lipinski definition) is 5. The minimum absolute atomic E-state index is 0.0790. The van der Waals surface area contributed by atoms with Crippen LogP contribution in [0.4, 0.5) is 4.79 Å². The number of nitrogens with zero attached hydrogens (tertiary/aromatic N) is 3. The molecule has 0 unspecified atom stereocenters. The van der Waals surface area contributed by atoms with E-state index in [9.17, 15) is 14.7 Å². The van der Waals surface area contributed by atoms with Crippen LogP contribution in [-0.4, -0.2) is 56.0 Å². The zero-order valence-electron chi connectivity index (χ0n) is 18.7. The Morgan fingerprint density at radius 3 is 2.55 bits per heavy atom. The molecule has 2 bridgehead atoms. The number of rotatable bonds is 5. The number of methoxy groups -OCH3 is 1. The highest BCUT2D eigenvalue weighted by Gasteiger charge is 2.55. The second-order valence-corrected chi connectivity index (χ2v) is 9.84. The first-order valence-electron chi connectivity index (χ1n) is 10.8. The van der Waals surface area contributed by atoms with Crippen LogP contribution in [0.15, 0.2) is 29.2 Å². The standard InChI is InChI=1S/C23H31N3O5/c1-21(2,3)26(20(28)29)22-7-9-23(10-8-22,31-15-22)11-12-25-18-13-16(30-4)14-24-17(18)5-6-19(25)27/h5-6,13-14H,7-12,15H2,1-4H3,(H,28,29). The fraction of sp³-hybridized carbons (Fsp3) is 0.609. The average Bonchev–Trinajstić information content (AvgIpc) is 2.72. The molecule has 0 atom stereocenters. The van der Waals surface area contributed by atoms with Crippen LogP contribution in [0.25, 0.3) is 11.0 Å². The number of aromatic nitrogens is 2. The van der Waals surface area contributed by atoms with E-state index >= 15 is 0 Å². The second kappa shape index (κ2) is 7.51. The van der Waals surface area contributed by atoms with E-state index in [1.807, 2.05) is 26.8 Å². The van der Waals surface area contributed by atoms with Crippen molar-refractivity contribution in [2.75, 3.05) is 13.7 Å². The predicted molar refractivity (Wildman–Crippen MR) is 117 cm³/mol. The van der Waals surface area contributed by atoms with Gasteiger partial charge in [-0.05, 0) is 58.9 Å². The van der Waals surface area contributed by atoms with Crippen LogP contribution in [0.2, 0.25) is 0 Å². The van der Waals surface area contributed by atoms with Gasteiger partial charge in [0, 0.05) is 24.2 Å². The molecular weight excluding hydrogens is 398 g/mol. The number of ether oxygens (including phenoxy) is 2. The molecule has 0 radical (unpaired) electrons. The fourth-order valence-electron chi connectivity index (χ4n) is 5.37. The molecule has 1 amide bonds. The van der Waals surface area contributed by atoms with Gasteiger partial charge in [0.05, 0.1) is 42.1 Å². The number of fused-ring (bicyclic) bond motifs is 4. The van der Waals surface area contributed by atoms with Gasteiger partial charge in [0.2, 0.25) is 0 Å². The molecule has 3 fully saturated rings. The average molecular weight is 430 g/mol. The molecule has 2 saturated heterocycles. The zero-order valence-corrected chi connectivity index (χ0v) is 18.7. The third-order valence-electron chi connectivity index (χ3n) is 6.92. The predicted octanol–water partition coefficient (Wildman–Crippen LogP) is 3.66. The van der Waals surface area contributed by atoms with E-state index in [-0.39, 0.29) is 11.2 Å². The quantitative estimate of drug-likeness (QED) is 0.780. The maximum absolute atomic E-state index is 12.6. The lowest BCUT2D eigenvalue weighted by atomic mass is 9.68. The summed E-state index contributed by atoms with van der Waals surface area (Å²) >= 11 is 0. The van der Waals surface area contributed by atoms with Gasteiger partial charge in [0.25, 0.3) is 5.56 Å². The Hall–Kier alpha value is -2.61. The highest BCUT2D eigenvalue weighted by molar-refractivity contribution is 5.75. The Morgan fingerprint density at radius 1 is 1.29 bits per heavy atom. The fourth-order valence-corrected chi connectivity index (χ4v) is 5.37. The van der Waals surface area contributed by atoms with Crippen molar-refractivity contribution in [3.63, 3.8) is 0 Å². The lowest BCUT2D eigenvalue weighted by Crippen LogP contribution is -2.68. The number of carboxylic acid groups (broad SMARTS) is 1. The van der Waals surface area contributed by atoms with Crippen molar-refractivity contribution in [1.29, 1.82) is 0 Å². The van der Waals surface area contributed by atoms with Crippen molar-refractivity contribution >= 4 is 17.1 Å². The molecule has 1 aliphatic carbocycles. The molecular formula is C23H31N3O5. The maximum atomic E-state index is 12.6. The van der Waals surface area contributed by atoms with Crippen LogP contribution >= 0.6 is 0 Å². The van der Waals surface area contributed by atoms with Crippen molar-refractivity contribution in [1.82, 2.24) is 14.5 Å². The molecule has 2 aromatic rings. The Balaban J connectivity index is 1.54. The van der Waals surface area contributed by atoms with Gasteiger partial charge in [-0.15, -0.1) is 0 Å². The molecule has 1 N–H and O–H groups in total. The number of pyridine rings is 2. The number of aryl methyl sites for hydroxylation is 1. The van der Waals surface area contributed by atoms with Crippen molar-refractivity contribution in [3.05, 3.63) is 34.7 Å². The number of hydrogen-bond donors (Lipinski definition) is 1. The van der Waals surface area contributed by atoms with Crippen LogP contribution in [0, 0.1) is 0 Å². The normalized spacial score (nSPS) is 25.5. The van der Waals surface area contributed by atoms with Crippen molar-refractivity contribution in [3.8, 4) is 5.75 Å². The van der Waals surface area contributed by atoms with E-state index in [1.54, 1.807) is 34.9 Å². The summed E-state index contributed by atoms with van der Waals surface area (Å²) in [6.45, 7) is 6.71. The summed E-state index contributed by atoms with van der Waals surface area (Å²) in [6.07, 6.45) is 4.56. The molecule has 8 heteroatoms. The number of carbonyl (C=O) groups is 1. The van der Waals surface area contributed by atoms with Crippen LogP contribution in [0.1, 0.15) is 52.9 Å². The van der Waals surface area contributed by atoms with E-state index in [0.29, 0.717) is 25.3 Å². The molecule has 0 aromatic carbocycles. The number of amides is 1. The Kier molecular flexibility index (Phi) is 5.24. The summed E-state index contributed by atoms with van der Waals surface area (Å²) in [5, 5.41) is 9.88. The summed E-state index contributed by atoms with van der Waals surface area (Å²) in [5.74, 6) is 0.609. The summed E-state index contributed by atoms with van der Waals surface area (Å²) in [7, 11) is 1.58. The molecule has 2 aliphatic heterocycles. The van der Waals surface area contributed by atoms with E-state index in [0.717, 1.165) is 36.7 Å². The molecule has 3 aliphatic rings. The second-order valence-electron chi connectivity index (χ2n) is 9.84. The van der Waals surface area contributed by atoms with Crippen LogP contribution in [0.3, 0.4) is 0 Å². The minimum atomic E-state index is -0.894. The van der Waals surface area contributed by atoms with Crippen LogP contribution < -0.4 is 10.3 Å². The van der Waals surface area contributed by atoms with Gasteiger partial charge < -0.3 is 19.1 Å². The molecule has 31 heavy (non-hydrogen) atoms. The van der Waals surface area contributed by atoms with Gasteiger partial charge in [-0.3, -0.25) is 14.7 Å². The van der Waals surface area contributed by atoms with E-state index in [1.165, 1.54) is 0 Å². The SMILES string of the molecule is COc1cnc2ccc(=O)n(CCC34CCC(N(C(=O)O)C(C)(C)C)(CC3)CO4)c2c1. The third kappa shape index (κ3) is 3.78. The summed E-state index contributed by atoms with van der Waals surface area (Å²) < 4.78 is 13.4. The lowest BCUT2D eigenvalue weighted by molar-refractivity contribution is -0.201. The Bertz CT molecular complexity index is 1030. The Labute approximate surface area is 181 Å². The molecule has 5 rings (SSSR count). The molecule has 0 spiro atoms. The summed E-state index contributed by atoms with van der Waals surface area (Å²) in [4.78, 5) is 30.6. The molecule has 4 heterocycles. The molecule has 1 saturated carbocycles. The topological polar surface area (TPSA) is 93.9 Å². The zero-order chi connectivity index (χ0) is 22.4. The van der Waals surface area contributed by atoms with Gasteiger partial charge in [-0.1, -0.05) is 0 Å². The third-order valence-corrected chi connectivity index (χ3v) is 6.92. The monoisotopic (exact) mass is 429 g/mol. The van der Waals surface area contributed by atoms with Gasteiger partial charge in [-0.25, -0.2) is 4.79 Å². The van der Waals surface area contributed by atoms with E-state index in [2.05, 4.69) is 4.98 Å². The molecule has 2 aromatic heterocycles. The van der Waals surface area contributed by atoms with Crippen molar-refractivity contribution in [2.24, 2.45) is 0 Å². The van der Waals surface area contributed by atoms with Gasteiger partial charge >= 0.3 is 6.09 Å². The first-order chi connectivity index (χ1) is 14.6. The highest BCUT2D eigenvalue weighted by atomic mass is 16.5. The first kappa shape index (κ1) is 21.6. The summed E-state index contributed by atoms with van der Waals surface area (Å²) in [6, 6.07) is 5.11. The van der Waals surface area contributed by atoms with E-state index in [4.69, 9.17) is 9.47 Å². The lowest BCUT2D eigenvalue weighted by Gasteiger charge is -2.59. The smallest absolute Gasteiger partial charge is 0.408 e. The molecule has 8 nitrogen and oxygen atoms in total. The largest absolute Gasteiger partial charge is 0.495 e. The molecule has 168 valence electrons. The maximum Gasteiger partial charge on any atom is 0.408 e. The minimum Gasteiger partial charge on any atom is -0.495 e. The Morgan fingerprint density at radius 2 is 2.00 bits per heavy atom. The van der Waals surface area contributed by atoms with Gasteiger partial charge in [-0.2, -0.15) is 0 Å². The van der Waals surface area contributed by atoms with Crippen LogP contribution in [-0.2, 0) is 11.3 Å².